The molecule has 0 aromatic heterocycles. The van der Waals surface area contributed by atoms with Gasteiger partial charge in [0.25, 0.3) is 0 Å². The molecule has 3 rings (SSSR count). The minimum absolute atomic E-state index is 0.160. The van der Waals surface area contributed by atoms with Crippen LogP contribution in [0.3, 0.4) is 0 Å². The van der Waals surface area contributed by atoms with Gasteiger partial charge in [-0.05, 0) is 18.2 Å². The van der Waals surface area contributed by atoms with E-state index in [-0.39, 0.29) is 25.4 Å². The number of carbonyl (C=O) groups is 2. The number of ether oxygens (including phenoxy) is 1. The Morgan fingerprint density at radius 3 is 2.79 bits per heavy atom. The minimum Gasteiger partial charge on any atom is -0.441 e. The number of rotatable bonds is 3. The molecule has 1 fully saturated rings. The Bertz CT molecular complexity index is 698. The molecule has 1 atom stereocenters. The molecule has 1 saturated heterocycles. The van der Waals surface area contributed by atoms with E-state index in [2.05, 4.69) is 5.10 Å². The summed E-state index contributed by atoms with van der Waals surface area (Å²) < 4.78 is 19.3. The van der Waals surface area contributed by atoms with Gasteiger partial charge in [0.2, 0.25) is 0 Å². The van der Waals surface area contributed by atoms with E-state index in [0.717, 1.165) is 5.01 Å². The summed E-state index contributed by atoms with van der Waals surface area (Å²) in [7, 11) is 0. The van der Waals surface area contributed by atoms with E-state index in [1.807, 2.05) is 0 Å². The molecule has 1 aromatic carbocycles. The van der Waals surface area contributed by atoms with Gasteiger partial charge in [-0.2, -0.15) is 5.10 Å². The van der Waals surface area contributed by atoms with Crippen LogP contribution in [0.1, 0.15) is 0 Å². The molecule has 10 heteroatoms. The van der Waals surface area contributed by atoms with Crippen molar-refractivity contribution < 1.29 is 23.8 Å². The lowest BCUT2D eigenvalue weighted by molar-refractivity contribution is 0.0963. The molecule has 3 N–H and O–H groups in total. The van der Waals surface area contributed by atoms with Crippen LogP contribution in [0.5, 0.6) is 0 Å². The van der Waals surface area contributed by atoms with Gasteiger partial charge in [0.15, 0.2) is 0 Å². The number of carbonyl (C=O) groups excluding carboxylic acids is 2. The van der Waals surface area contributed by atoms with E-state index in [1.165, 1.54) is 28.3 Å². The third-order valence-electron chi connectivity index (χ3n) is 3.77. The highest BCUT2D eigenvalue weighted by molar-refractivity contribution is 5.90. The van der Waals surface area contributed by atoms with Gasteiger partial charge in [-0.3, -0.25) is 4.90 Å². The van der Waals surface area contributed by atoms with Crippen LogP contribution < -0.4 is 15.5 Å². The Morgan fingerprint density at radius 1 is 1.46 bits per heavy atom. The molecule has 2 aliphatic heterocycles. The van der Waals surface area contributed by atoms with E-state index in [0.29, 0.717) is 12.2 Å². The van der Waals surface area contributed by atoms with Crippen molar-refractivity contribution in [1.29, 1.82) is 0 Å². The first-order valence-corrected chi connectivity index (χ1v) is 7.26. The normalized spacial score (nSPS) is 20.5. The number of halogens is 1. The Kier molecular flexibility index (Phi) is 4.21. The van der Waals surface area contributed by atoms with Crippen molar-refractivity contribution in [3.63, 3.8) is 0 Å². The van der Waals surface area contributed by atoms with Crippen LogP contribution >= 0.6 is 0 Å². The highest BCUT2D eigenvalue weighted by Crippen LogP contribution is 2.28. The number of hydrazone groups is 1. The lowest BCUT2D eigenvalue weighted by atomic mass is 10.2. The molecule has 3 amide bonds. The molecule has 2 aliphatic rings. The molecule has 0 saturated carbocycles. The summed E-state index contributed by atoms with van der Waals surface area (Å²) in [5, 5.41) is 14.0. The molecule has 24 heavy (non-hydrogen) atoms. The number of nitrogens with two attached hydrogens (primary N) is 1. The summed E-state index contributed by atoms with van der Waals surface area (Å²) in [5.41, 5.74) is 5.72. The van der Waals surface area contributed by atoms with Crippen molar-refractivity contribution in [2.45, 2.75) is 6.10 Å². The van der Waals surface area contributed by atoms with E-state index in [4.69, 9.17) is 15.6 Å². The van der Waals surface area contributed by atoms with Crippen LogP contribution in [0, 0.1) is 5.82 Å². The van der Waals surface area contributed by atoms with Gasteiger partial charge in [0.05, 0.1) is 31.1 Å². The second-order valence-electron chi connectivity index (χ2n) is 5.32. The quantitative estimate of drug-likeness (QED) is 0.823. The number of aliphatic hydroxyl groups is 1. The van der Waals surface area contributed by atoms with Gasteiger partial charge < -0.3 is 20.5 Å². The van der Waals surface area contributed by atoms with Crippen LogP contribution in [0.15, 0.2) is 23.3 Å². The van der Waals surface area contributed by atoms with Gasteiger partial charge in [0, 0.05) is 6.54 Å². The maximum Gasteiger partial charge on any atom is 0.414 e. The smallest absolute Gasteiger partial charge is 0.414 e. The highest BCUT2D eigenvalue weighted by atomic mass is 19.1. The molecule has 0 unspecified atom stereocenters. The number of urea groups is 1. The Hall–Kier alpha value is -2.88. The summed E-state index contributed by atoms with van der Waals surface area (Å²) in [6, 6.07) is 3.63. The average Bonchev–Trinajstić information content (AvgIpc) is 2.96. The number of benzene rings is 1. The van der Waals surface area contributed by atoms with Crippen molar-refractivity contribution in [2.24, 2.45) is 10.8 Å². The standard InChI is InChI=1S/C14H16FN5O4/c15-11-5-9(19-6-10(7-21)24-14(19)23)1-2-12(11)18-3-4-20(13(16)22)17-8-18/h1-2,5,8,10,21H,3-4,6-7H2,(H2,16,22)/t10-/m1/s1. The number of cyclic esters (lactones) is 1. The number of amides is 3. The van der Waals surface area contributed by atoms with Gasteiger partial charge >= 0.3 is 12.1 Å². The average molecular weight is 337 g/mol. The molecule has 128 valence electrons. The maximum absolute atomic E-state index is 14.4. The topological polar surface area (TPSA) is 112 Å². The molecule has 0 spiro atoms. The first-order valence-electron chi connectivity index (χ1n) is 7.26. The highest BCUT2D eigenvalue weighted by Gasteiger charge is 2.32. The van der Waals surface area contributed by atoms with Crippen LogP contribution in [0.2, 0.25) is 0 Å². The third kappa shape index (κ3) is 2.95. The number of nitrogens with zero attached hydrogens (tertiary/aromatic N) is 4. The minimum atomic E-state index is -0.673. The Balaban J connectivity index is 1.78. The summed E-state index contributed by atoms with van der Waals surface area (Å²) in [6.45, 7) is 0.445. The van der Waals surface area contributed by atoms with Crippen molar-refractivity contribution >= 4 is 29.8 Å². The van der Waals surface area contributed by atoms with Crippen LogP contribution in [0.4, 0.5) is 25.4 Å². The largest absolute Gasteiger partial charge is 0.441 e. The third-order valence-corrected chi connectivity index (χ3v) is 3.77. The maximum atomic E-state index is 14.4. The van der Waals surface area contributed by atoms with Gasteiger partial charge in [0.1, 0.15) is 18.3 Å². The van der Waals surface area contributed by atoms with Gasteiger partial charge in [-0.15, -0.1) is 0 Å². The number of hydrogen-bond donors (Lipinski definition) is 2. The molecule has 2 heterocycles. The van der Waals surface area contributed by atoms with E-state index < -0.39 is 24.0 Å². The Morgan fingerprint density at radius 2 is 2.25 bits per heavy atom. The summed E-state index contributed by atoms with van der Waals surface area (Å²) in [5.74, 6) is -0.549. The first-order chi connectivity index (χ1) is 11.5. The van der Waals surface area contributed by atoms with Gasteiger partial charge in [-0.25, -0.2) is 19.0 Å². The number of aliphatic hydroxyl groups excluding tert-OH is 1. The van der Waals surface area contributed by atoms with Crippen molar-refractivity contribution in [3.8, 4) is 0 Å². The lowest BCUT2D eigenvalue weighted by Gasteiger charge is -2.28. The number of anilines is 2. The zero-order chi connectivity index (χ0) is 17.3. The second kappa shape index (κ2) is 6.32. The summed E-state index contributed by atoms with van der Waals surface area (Å²) in [4.78, 5) is 25.5. The molecule has 9 nitrogen and oxygen atoms in total. The SMILES string of the molecule is NC(=O)N1CCN(c2ccc(N3C[C@H](CO)OC3=O)cc2F)C=N1. The number of hydrogen-bond acceptors (Lipinski definition) is 6. The van der Waals surface area contributed by atoms with Gasteiger partial charge in [-0.1, -0.05) is 0 Å². The van der Waals surface area contributed by atoms with E-state index in [1.54, 1.807) is 6.07 Å². The Labute approximate surface area is 136 Å². The zero-order valence-corrected chi connectivity index (χ0v) is 12.6. The predicted molar refractivity (Wildman–Crippen MR) is 83.2 cm³/mol. The second-order valence-corrected chi connectivity index (χ2v) is 5.32. The van der Waals surface area contributed by atoms with E-state index in [9.17, 15) is 14.0 Å². The molecule has 1 aromatic rings. The van der Waals surface area contributed by atoms with E-state index >= 15 is 0 Å². The molecule has 0 aliphatic carbocycles. The van der Waals surface area contributed by atoms with Crippen molar-refractivity contribution in [1.82, 2.24) is 5.01 Å². The van der Waals surface area contributed by atoms with Crippen LogP contribution in [0.25, 0.3) is 0 Å². The molecular weight excluding hydrogens is 321 g/mol. The predicted octanol–water partition coefficient (Wildman–Crippen LogP) is 0.287. The summed E-state index contributed by atoms with van der Waals surface area (Å²) in [6.07, 6.45) is 0.0743. The first kappa shape index (κ1) is 16.0. The molecular formula is C14H16FN5O4. The fourth-order valence-corrected chi connectivity index (χ4v) is 2.52. The number of primary amides is 1. The molecule has 0 bridgehead atoms. The van der Waals surface area contributed by atoms with Crippen molar-refractivity contribution in [3.05, 3.63) is 24.0 Å². The zero-order valence-electron chi connectivity index (χ0n) is 12.6. The fraction of sp³-hybridized carbons (Fsp3) is 0.357. The summed E-state index contributed by atoms with van der Waals surface area (Å²) >= 11 is 0. The fourth-order valence-electron chi connectivity index (χ4n) is 2.52. The van der Waals surface area contributed by atoms with Crippen LogP contribution in [-0.4, -0.2) is 60.9 Å². The van der Waals surface area contributed by atoms with Crippen LogP contribution in [-0.2, 0) is 4.74 Å². The van der Waals surface area contributed by atoms with Crippen molar-refractivity contribution in [2.75, 3.05) is 36.0 Å². The molecule has 0 radical (unpaired) electrons. The lowest BCUT2D eigenvalue weighted by Crippen LogP contribution is -2.43. The monoisotopic (exact) mass is 337 g/mol.